The van der Waals surface area contributed by atoms with Crippen LogP contribution in [0.2, 0.25) is 0 Å². The Morgan fingerprint density at radius 2 is 1.94 bits per heavy atom. The summed E-state index contributed by atoms with van der Waals surface area (Å²) in [5.74, 6) is -0.0229. The lowest BCUT2D eigenvalue weighted by atomic mass is 10.1. The van der Waals surface area contributed by atoms with Crippen molar-refractivity contribution in [2.24, 2.45) is 5.73 Å². The molecular formula is C14H22N2O2. The summed E-state index contributed by atoms with van der Waals surface area (Å²) in [6.07, 6.45) is 3.09. The number of nitrogens with two attached hydrogens (primary N) is 1. The zero-order valence-corrected chi connectivity index (χ0v) is 10.9. The minimum atomic E-state index is -0.0229. The van der Waals surface area contributed by atoms with Gasteiger partial charge in [-0.25, -0.2) is 0 Å². The van der Waals surface area contributed by atoms with Crippen molar-refractivity contribution in [1.29, 1.82) is 0 Å². The maximum absolute atomic E-state index is 11.8. The average Bonchev–Trinajstić information content (AvgIpc) is 2.42. The largest absolute Gasteiger partial charge is 0.385 e. The van der Waals surface area contributed by atoms with Gasteiger partial charge in [-0.2, -0.15) is 0 Å². The molecule has 0 aliphatic rings. The van der Waals surface area contributed by atoms with Gasteiger partial charge in [0.25, 0.3) is 5.91 Å². The van der Waals surface area contributed by atoms with Gasteiger partial charge in [-0.15, -0.1) is 0 Å². The molecule has 18 heavy (non-hydrogen) atoms. The van der Waals surface area contributed by atoms with E-state index >= 15 is 0 Å². The van der Waals surface area contributed by atoms with Gasteiger partial charge < -0.3 is 15.8 Å². The van der Waals surface area contributed by atoms with Gasteiger partial charge in [0.1, 0.15) is 0 Å². The predicted molar refractivity (Wildman–Crippen MR) is 72.4 cm³/mol. The maximum Gasteiger partial charge on any atom is 0.251 e. The Kier molecular flexibility index (Phi) is 7.06. The number of unbranched alkanes of at least 4 members (excludes halogenated alkanes) is 2. The highest BCUT2D eigenvalue weighted by Gasteiger charge is 2.03. The second kappa shape index (κ2) is 8.66. The smallest absolute Gasteiger partial charge is 0.251 e. The SMILES string of the molecule is COCCCCCNC(=O)c1ccc(CN)cc1. The van der Waals surface area contributed by atoms with Crippen LogP contribution in [0.5, 0.6) is 0 Å². The van der Waals surface area contributed by atoms with Gasteiger partial charge in [-0.05, 0) is 37.0 Å². The number of carbonyl (C=O) groups excluding carboxylic acids is 1. The number of hydrogen-bond donors (Lipinski definition) is 2. The summed E-state index contributed by atoms with van der Waals surface area (Å²) in [4.78, 5) is 11.8. The van der Waals surface area contributed by atoms with Crippen molar-refractivity contribution < 1.29 is 9.53 Å². The molecular weight excluding hydrogens is 228 g/mol. The van der Waals surface area contributed by atoms with Crippen LogP contribution in [0.1, 0.15) is 35.2 Å². The van der Waals surface area contributed by atoms with Gasteiger partial charge in [-0.1, -0.05) is 12.1 Å². The highest BCUT2D eigenvalue weighted by molar-refractivity contribution is 5.94. The zero-order valence-electron chi connectivity index (χ0n) is 10.9. The molecule has 0 atom stereocenters. The molecule has 0 saturated carbocycles. The Morgan fingerprint density at radius 3 is 2.56 bits per heavy atom. The summed E-state index contributed by atoms with van der Waals surface area (Å²) in [6.45, 7) is 2.00. The number of amides is 1. The monoisotopic (exact) mass is 250 g/mol. The number of carbonyl (C=O) groups is 1. The summed E-state index contributed by atoms with van der Waals surface area (Å²) < 4.78 is 4.96. The van der Waals surface area contributed by atoms with Crippen molar-refractivity contribution in [2.75, 3.05) is 20.3 Å². The first kappa shape index (κ1) is 14.7. The van der Waals surface area contributed by atoms with Crippen LogP contribution in [0.25, 0.3) is 0 Å². The van der Waals surface area contributed by atoms with E-state index in [1.807, 2.05) is 24.3 Å². The first-order valence-corrected chi connectivity index (χ1v) is 6.34. The lowest BCUT2D eigenvalue weighted by molar-refractivity contribution is 0.0952. The second-order valence-electron chi connectivity index (χ2n) is 4.21. The minimum absolute atomic E-state index is 0.0229. The number of ether oxygens (including phenoxy) is 1. The van der Waals surface area contributed by atoms with Crippen molar-refractivity contribution in [3.63, 3.8) is 0 Å². The highest BCUT2D eigenvalue weighted by Crippen LogP contribution is 2.03. The number of nitrogens with one attached hydrogen (secondary N) is 1. The summed E-state index contributed by atoms with van der Waals surface area (Å²) in [7, 11) is 1.70. The highest BCUT2D eigenvalue weighted by atomic mass is 16.5. The van der Waals surface area contributed by atoms with Crippen molar-refractivity contribution in [3.8, 4) is 0 Å². The standard InChI is InChI=1S/C14H22N2O2/c1-18-10-4-2-3-9-16-14(17)13-7-5-12(11-15)6-8-13/h5-8H,2-4,9-11,15H2,1H3,(H,16,17). The Bertz CT molecular complexity index is 349. The third-order valence-electron chi connectivity index (χ3n) is 2.76. The molecule has 1 aromatic carbocycles. The molecule has 0 aliphatic carbocycles. The number of benzene rings is 1. The molecule has 0 saturated heterocycles. The number of rotatable bonds is 8. The molecule has 0 radical (unpaired) electrons. The number of hydrogen-bond acceptors (Lipinski definition) is 3. The molecule has 0 unspecified atom stereocenters. The lowest BCUT2D eigenvalue weighted by Crippen LogP contribution is -2.24. The quantitative estimate of drug-likeness (QED) is 0.690. The van der Waals surface area contributed by atoms with E-state index < -0.39 is 0 Å². The van der Waals surface area contributed by atoms with Crippen LogP contribution in [-0.2, 0) is 11.3 Å². The van der Waals surface area contributed by atoms with E-state index in [4.69, 9.17) is 10.5 Å². The molecule has 0 aliphatic heterocycles. The molecule has 4 heteroatoms. The van der Waals surface area contributed by atoms with Crippen LogP contribution in [0.4, 0.5) is 0 Å². The number of methoxy groups -OCH3 is 1. The summed E-state index contributed by atoms with van der Waals surface area (Å²) in [5, 5.41) is 2.90. The average molecular weight is 250 g/mol. The van der Waals surface area contributed by atoms with Gasteiger partial charge >= 0.3 is 0 Å². The van der Waals surface area contributed by atoms with Crippen LogP contribution < -0.4 is 11.1 Å². The van der Waals surface area contributed by atoms with Crippen LogP contribution in [0.15, 0.2) is 24.3 Å². The van der Waals surface area contributed by atoms with E-state index in [1.165, 1.54) is 0 Å². The Morgan fingerprint density at radius 1 is 1.22 bits per heavy atom. The van der Waals surface area contributed by atoms with E-state index in [0.29, 0.717) is 18.7 Å². The van der Waals surface area contributed by atoms with Crippen LogP contribution in [0, 0.1) is 0 Å². The van der Waals surface area contributed by atoms with E-state index in [0.717, 1.165) is 31.4 Å². The molecule has 1 rings (SSSR count). The predicted octanol–water partition coefficient (Wildman–Crippen LogP) is 1.69. The fourth-order valence-electron chi connectivity index (χ4n) is 1.64. The molecule has 3 N–H and O–H groups in total. The van der Waals surface area contributed by atoms with Gasteiger partial charge in [-0.3, -0.25) is 4.79 Å². The van der Waals surface area contributed by atoms with Crippen molar-refractivity contribution >= 4 is 5.91 Å². The minimum Gasteiger partial charge on any atom is -0.385 e. The molecule has 4 nitrogen and oxygen atoms in total. The van der Waals surface area contributed by atoms with E-state index in [9.17, 15) is 4.79 Å². The Hall–Kier alpha value is -1.39. The molecule has 1 amide bonds. The topological polar surface area (TPSA) is 64.3 Å². The molecule has 0 spiro atoms. The van der Waals surface area contributed by atoms with Crippen LogP contribution >= 0.6 is 0 Å². The summed E-state index contributed by atoms with van der Waals surface area (Å²) in [6, 6.07) is 7.38. The van der Waals surface area contributed by atoms with Gasteiger partial charge in [0.2, 0.25) is 0 Å². The lowest BCUT2D eigenvalue weighted by Gasteiger charge is -2.05. The fourth-order valence-corrected chi connectivity index (χ4v) is 1.64. The summed E-state index contributed by atoms with van der Waals surface area (Å²) in [5.41, 5.74) is 7.22. The summed E-state index contributed by atoms with van der Waals surface area (Å²) >= 11 is 0. The van der Waals surface area contributed by atoms with Crippen LogP contribution in [0.3, 0.4) is 0 Å². The van der Waals surface area contributed by atoms with Crippen molar-refractivity contribution in [1.82, 2.24) is 5.32 Å². The van der Waals surface area contributed by atoms with Crippen LogP contribution in [-0.4, -0.2) is 26.2 Å². The maximum atomic E-state index is 11.8. The Labute approximate surface area is 109 Å². The van der Waals surface area contributed by atoms with E-state index in [1.54, 1.807) is 7.11 Å². The second-order valence-corrected chi connectivity index (χ2v) is 4.21. The molecule has 100 valence electrons. The molecule has 0 aromatic heterocycles. The molecule has 0 heterocycles. The van der Waals surface area contributed by atoms with Crippen molar-refractivity contribution in [2.45, 2.75) is 25.8 Å². The van der Waals surface area contributed by atoms with Crippen molar-refractivity contribution in [3.05, 3.63) is 35.4 Å². The third kappa shape index (κ3) is 5.29. The molecule has 0 bridgehead atoms. The first-order valence-electron chi connectivity index (χ1n) is 6.34. The Balaban J connectivity index is 2.23. The van der Waals surface area contributed by atoms with E-state index in [-0.39, 0.29) is 5.91 Å². The zero-order chi connectivity index (χ0) is 13.2. The normalized spacial score (nSPS) is 10.3. The van der Waals surface area contributed by atoms with Gasteiger partial charge in [0, 0.05) is 32.4 Å². The van der Waals surface area contributed by atoms with E-state index in [2.05, 4.69) is 5.32 Å². The van der Waals surface area contributed by atoms with Gasteiger partial charge in [0.15, 0.2) is 0 Å². The molecule has 0 fully saturated rings. The fraction of sp³-hybridized carbons (Fsp3) is 0.500. The third-order valence-corrected chi connectivity index (χ3v) is 2.76. The molecule has 1 aromatic rings. The van der Waals surface area contributed by atoms with Gasteiger partial charge in [0.05, 0.1) is 0 Å². The first-order chi connectivity index (χ1) is 8.77.